The molecule has 15 heavy (non-hydrogen) atoms. The summed E-state index contributed by atoms with van der Waals surface area (Å²) < 4.78 is 0. The van der Waals surface area contributed by atoms with Crippen LogP contribution in [0.15, 0.2) is 0 Å². The quantitative estimate of drug-likeness (QED) is 0.617. The van der Waals surface area contributed by atoms with Gasteiger partial charge >= 0.3 is 0 Å². The molecular weight excluding hydrogens is 186 g/mol. The molecule has 0 aromatic carbocycles. The molecule has 3 heteroatoms. The Morgan fingerprint density at radius 1 is 1.33 bits per heavy atom. The SMILES string of the molecule is CN(C)CCCCNCC1(CC#N)CC1. The highest BCUT2D eigenvalue weighted by Crippen LogP contribution is 2.47. The first kappa shape index (κ1) is 12.5. The largest absolute Gasteiger partial charge is 0.316 e. The fourth-order valence-corrected chi connectivity index (χ4v) is 1.79. The van der Waals surface area contributed by atoms with Crippen LogP contribution in [0.2, 0.25) is 0 Å². The van der Waals surface area contributed by atoms with Crippen LogP contribution in [0.1, 0.15) is 32.1 Å². The third-order valence-electron chi connectivity index (χ3n) is 3.12. The fraction of sp³-hybridized carbons (Fsp3) is 0.917. The first-order chi connectivity index (χ1) is 7.18. The molecule has 0 aromatic heterocycles. The topological polar surface area (TPSA) is 39.1 Å². The Balaban J connectivity index is 1.91. The summed E-state index contributed by atoms with van der Waals surface area (Å²) in [4.78, 5) is 2.22. The van der Waals surface area contributed by atoms with Crippen molar-refractivity contribution in [2.45, 2.75) is 32.1 Å². The van der Waals surface area contributed by atoms with E-state index in [1.54, 1.807) is 0 Å². The molecule has 1 aliphatic carbocycles. The molecule has 0 heterocycles. The number of hydrogen-bond acceptors (Lipinski definition) is 3. The number of hydrogen-bond donors (Lipinski definition) is 1. The lowest BCUT2D eigenvalue weighted by Gasteiger charge is -2.13. The number of unbranched alkanes of at least 4 members (excludes halogenated alkanes) is 1. The molecule has 0 radical (unpaired) electrons. The van der Waals surface area contributed by atoms with Gasteiger partial charge in [-0.05, 0) is 58.3 Å². The van der Waals surface area contributed by atoms with E-state index < -0.39 is 0 Å². The summed E-state index contributed by atoms with van der Waals surface area (Å²) >= 11 is 0. The van der Waals surface area contributed by atoms with E-state index in [9.17, 15) is 0 Å². The maximum Gasteiger partial charge on any atom is 0.0628 e. The highest BCUT2D eigenvalue weighted by atomic mass is 15.0. The van der Waals surface area contributed by atoms with Gasteiger partial charge in [0.1, 0.15) is 0 Å². The Hall–Kier alpha value is -0.590. The summed E-state index contributed by atoms with van der Waals surface area (Å²) in [6.07, 6.45) is 5.71. The van der Waals surface area contributed by atoms with E-state index in [2.05, 4.69) is 30.4 Å². The molecule has 0 saturated heterocycles. The van der Waals surface area contributed by atoms with E-state index in [1.807, 2.05) is 0 Å². The minimum absolute atomic E-state index is 0.357. The van der Waals surface area contributed by atoms with Gasteiger partial charge in [0.25, 0.3) is 0 Å². The molecule has 86 valence electrons. The van der Waals surface area contributed by atoms with E-state index in [1.165, 1.54) is 32.2 Å². The van der Waals surface area contributed by atoms with Crippen LogP contribution >= 0.6 is 0 Å². The van der Waals surface area contributed by atoms with E-state index in [0.29, 0.717) is 5.41 Å². The lowest BCUT2D eigenvalue weighted by atomic mass is 10.0. The number of nitrogens with zero attached hydrogens (tertiary/aromatic N) is 2. The third-order valence-corrected chi connectivity index (χ3v) is 3.12. The summed E-state index contributed by atoms with van der Waals surface area (Å²) in [5, 5.41) is 12.1. The molecule has 0 spiro atoms. The van der Waals surface area contributed by atoms with Crippen LogP contribution in [0, 0.1) is 16.7 Å². The van der Waals surface area contributed by atoms with Crippen molar-refractivity contribution in [3.8, 4) is 6.07 Å². The van der Waals surface area contributed by atoms with Crippen molar-refractivity contribution in [2.24, 2.45) is 5.41 Å². The minimum atomic E-state index is 0.357. The van der Waals surface area contributed by atoms with Gasteiger partial charge in [-0.1, -0.05) is 0 Å². The van der Waals surface area contributed by atoms with Crippen molar-refractivity contribution < 1.29 is 0 Å². The molecule has 0 amide bonds. The number of rotatable bonds is 8. The van der Waals surface area contributed by atoms with Crippen molar-refractivity contribution in [1.29, 1.82) is 5.26 Å². The average Bonchev–Trinajstić information content (AvgIpc) is 2.92. The molecular formula is C12H23N3. The Bertz CT molecular complexity index is 213. The highest BCUT2D eigenvalue weighted by Gasteiger charge is 2.41. The van der Waals surface area contributed by atoms with Crippen molar-refractivity contribution in [3.05, 3.63) is 0 Å². The van der Waals surface area contributed by atoms with Gasteiger partial charge in [-0.25, -0.2) is 0 Å². The van der Waals surface area contributed by atoms with Gasteiger partial charge in [-0.2, -0.15) is 5.26 Å². The Labute approximate surface area is 93.5 Å². The molecule has 1 aliphatic rings. The fourth-order valence-electron chi connectivity index (χ4n) is 1.79. The zero-order chi connectivity index (χ0) is 11.1. The second-order valence-electron chi connectivity index (χ2n) is 5.02. The zero-order valence-electron chi connectivity index (χ0n) is 10.1. The van der Waals surface area contributed by atoms with Gasteiger partial charge in [0, 0.05) is 13.0 Å². The van der Waals surface area contributed by atoms with Gasteiger partial charge in [-0.15, -0.1) is 0 Å². The second-order valence-corrected chi connectivity index (χ2v) is 5.02. The summed E-state index contributed by atoms with van der Waals surface area (Å²) in [5.41, 5.74) is 0.357. The average molecular weight is 209 g/mol. The predicted octanol–water partition coefficient (Wildman–Crippen LogP) is 1.61. The van der Waals surface area contributed by atoms with Gasteiger partial charge in [0.15, 0.2) is 0 Å². The van der Waals surface area contributed by atoms with Crippen LogP contribution in [0.5, 0.6) is 0 Å². The van der Waals surface area contributed by atoms with Crippen molar-refractivity contribution in [1.82, 2.24) is 10.2 Å². The van der Waals surface area contributed by atoms with Crippen molar-refractivity contribution in [2.75, 3.05) is 33.7 Å². The zero-order valence-corrected chi connectivity index (χ0v) is 10.1. The van der Waals surface area contributed by atoms with Crippen molar-refractivity contribution in [3.63, 3.8) is 0 Å². The van der Waals surface area contributed by atoms with Gasteiger partial charge in [0.05, 0.1) is 6.07 Å². The third kappa shape index (κ3) is 5.15. The first-order valence-electron chi connectivity index (χ1n) is 5.91. The van der Waals surface area contributed by atoms with Gasteiger partial charge in [0.2, 0.25) is 0 Å². The van der Waals surface area contributed by atoms with E-state index in [0.717, 1.165) is 19.5 Å². The normalized spacial score (nSPS) is 17.7. The second kappa shape index (κ2) is 6.09. The minimum Gasteiger partial charge on any atom is -0.316 e. The molecule has 0 atom stereocenters. The smallest absolute Gasteiger partial charge is 0.0628 e. The molecule has 0 unspecified atom stereocenters. The maximum atomic E-state index is 8.66. The van der Waals surface area contributed by atoms with Crippen LogP contribution in [0.4, 0.5) is 0 Å². The first-order valence-corrected chi connectivity index (χ1v) is 5.91. The molecule has 1 saturated carbocycles. The van der Waals surface area contributed by atoms with Crippen molar-refractivity contribution >= 4 is 0 Å². The molecule has 3 nitrogen and oxygen atoms in total. The van der Waals surface area contributed by atoms with Crippen LogP contribution in [0.25, 0.3) is 0 Å². The standard InChI is InChI=1S/C12H23N3/c1-15(2)10-4-3-9-14-11-12(5-6-12)7-8-13/h14H,3-7,9-11H2,1-2H3. The predicted molar refractivity (Wildman–Crippen MR) is 62.6 cm³/mol. The molecule has 1 fully saturated rings. The van der Waals surface area contributed by atoms with E-state index in [-0.39, 0.29) is 0 Å². The lowest BCUT2D eigenvalue weighted by molar-refractivity contribution is 0.387. The Kier molecular flexibility index (Phi) is 5.07. The maximum absolute atomic E-state index is 8.66. The molecule has 1 N–H and O–H groups in total. The van der Waals surface area contributed by atoms with Crippen LogP contribution in [0.3, 0.4) is 0 Å². The molecule has 1 rings (SSSR count). The Morgan fingerprint density at radius 2 is 2.07 bits per heavy atom. The molecule has 0 aromatic rings. The van der Waals surface area contributed by atoms with E-state index in [4.69, 9.17) is 5.26 Å². The number of nitriles is 1. The lowest BCUT2D eigenvalue weighted by Crippen LogP contribution is -2.25. The van der Waals surface area contributed by atoms with Gasteiger partial charge in [-0.3, -0.25) is 0 Å². The molecule has 0 aliphatic heterocycles. The molecule has 0 bridgehead atoms. The summed E-state index contributed by atoms with van der Waals surface area (Å²) in [6.45, 7) is 3.31. The van der Waals surface area contributed by atoms with Crippen LogP contribution in [-0.2, 0) is 0 Å². The van der Waals surface area contributed by atoms with Crippen LogP contribution < -0.4 is 5.32 Å². The van der Waals surface area contributed by atoms with E-state index >= 15 is 0 Å². The van der Waals surface area contributed by atoms with Crippen LogP contribution in [-0.4, -0.2) is 38.6 Å². The monoisotopic (exact) mass is 209 g/mol. The summed E-state index contributed by atoms with van der Waals surface area (Å²) in [5.74, 6) is 0. The van der Waals surface area contributed by atoms with Gasteiger partial charge < -0.3 is 10.2 Å². The number of nitrogens with one attached hydrogen (secondary N) is 1. The summed E-state index contributed by atoms with van der Waals surface area (Å²) in [7, 11) is 4.22. The summed E-state index contributed by atoms with van der Waals surface area (Å²) in [6, 6.07) is 2.29. The highest BCUT2D eigenvalue weighted by molar-refractivity contribution is 5.00. The Morgan fingerprint density at radius 3 is 2.60 bits per heavy atom.